The highest BCUT2D eigenvalue weighted by Gasteiger charge is 2.24. The second-order valence-electron chi connectivity index (χ2n) is 7.03. The highest BCUT2D eigenvalue weighted by atomic mass is 19.1. The molecule has 1 aliphatic rings. The van der Waals surface area contributed by atoms with Gasteiger partial charge in [-0.15, -0.1) is 0 Å². The Morgan fingerprint density at radius 3 is 2.63 bits per heavy atom. The van der Waals surface area contributed by atoms with Crippen LogP contribution in [0.2, 0.25) is 0 Å². The molecule has 144 valence electrons. The number of rotatable bonds is 5. The fraction of sp³-hybridized carbons (Fsp3) is 0.421. The largest absolute Gasteiger partial charge is 0.365 e. The first kappa shape index (κ1) is 19.0. The van der Waals surface area contributed by atoms with Crippen molar-refractivity contribution in [3.8, 4) is 0 Å². The number of pyridine rings is 2. The molecule has 0 saturated heterocycles. The Kier molecular flexibility index (Phi) is 5.55. The molecule has 1 amide bonds. The van der Waals surface area contributed by atoms with Crippen LogP contribution in [0.5, 0.6) is 0 Å². The van der Waals surface area contributed by atoms with Gasteiger partial charge in [0.1, 0.15) is 5.82 Å². The maximum atomic E-state index is 14.5. The average Bonchev–Trinajstić information content (AvgIpc) is 2.62. The zero-order valence-electron chi connectivity index (χ0n) is 15.6. The van der Waals surface area contributed by atoms with Gasteiger partial charge in [0.25, 0.3) is 5.91 Å². The SMILES string of the molecule is Cc1cc(Nc2nc(NC3CCCC[C@@H]3N)c(F)cc2C(N)=O)cnc1C. The summed E-state index contributed by atoms with van der Waals surface area (Å²) in [6.07, 6.45) is 5.47. The number of carbonyl (C=O) groups excluding carboxylic acids is 1. The Bertz CT molecular complexity index is 856. The first-order valence-electron chi connectivity index (χ1n) is 9.08. The number of hydrogen-bond donors (Lipinski definition) is 4. The summed E-state index contributed by atoms with van der Waals surface area (Å²) in [5, 5.41) is 6.12. The van der Waals surface area contributed by atoms with Gasteiger partial charge in [-0.05, 0) is 44.4 Å². The lowest BCUT2D eigenvalue weighted by Crippen LogP contribution is -2.43. The van der Waals surface area contributed by atoms with E-state index in [0.29, 0.717) is 5.69 Å². The Labute approximate surface area is 157 Å². The number of aryl methyl sites for hydroxylation is 2. The van der Waals surface area contributed by atoms with Crippen LogP contribution in [0.25, 0.3) is 0 Å². The van der Waals surface area contributed by atoms with Gasteiger partial charge in [-0.3, -0.25) is 9.78 Å². The third-order valence-corrected chi connectivity index (χ3v) is 4.99. The Hall–Kier alpha value is -2.74. The predicted molar refractivity (Wildman–Crippen MR) is 104 cm³/mol. The minimum absolute atomic E-state index is 0.0239. The first-order valence-corrected chi connectivity index (χ1v) is 9.08. The second-order valence-corrected chi connectivity index (χ2v) is 7.03. The van der Waals surface area contributed by atoms with Crippen LogP contribution in [0.1, 0.15) is 47.3 Å². The number of hydrogen-bond acceptors (Lipinski definition) is 6. The van der Waals surface area contributed by atoms with Crippen molar-refractivity contribution < 1.29 is 9.18 Å². The van der Waals surface area contributed by atoms with Crippen LogP contribution in [0, 0.1) is 19.7 Å². The van der Waals surface area contributed by atoms with E-state index >= 15 is 0 Å². The van der Waals surface area contributed by atoms with Crippen LogP contribution in [0.15, 0.2) is 18.3 Å². The highest BCUT2D eigenvalue weighted by molar-refractivity contribution is 5.98. The van der Waals surface area contributed by atoms with Crippen LogP contribution in [-0.4, -0.2) is 28.0 Å². The molecule has 2 atom stereocenters. The molecular formula is C19H25FN6O. The molecule has 6 N–H and O–H groups in total. The van der Waals surface area contributed by atoms with Crippen molar-refractivity contribution in [1.82, 2.24) is 9.97 Å². The van der Waals surface area contributed by atoms with Crippen LogP contribution >= 0.6 is 0 Å². The van der Waals surface area contributed by atoms with Gasteiger partial charge in [0, 0.05) is 17.8 Å². The standard InChI is InChI=1S/C19H25FN6O/c1-10-7-12(9-23-11(10)2)24-18-13(17(22)27)8-14(20)19(26-18)25-16-6-4-3-5-15(16)21/h7-9,15-16H,3-6,21H2,1-2H3,(H2,22,27)(H2,24,25,26)/t15-,16?/m0/s1. The fourth-order valence-electron chi connectivity index (χ4n) is 3.24. The van der Waals surface area contributed by atoms with Gasteiger partial charge < -0.3 is 22.1 Å². The van der Waals surface area contributed by atoms with Crippen molar-refractivity contribution in [2.75, 3.05) is 10.6 Å². The minimum Gasteiger partial charge on any atom is -0.365 e. The van der Waals surface area contributed by atoms with E-state index in [1.165, 1.54) is 0 Å². The molecule has 1 aliphatic carbocycles. The molecule has 0 spiro atoms. The van der Waals surface area contributed by atoms with Crippen LogP contribution in [-0.2, 0) is 0 Å². The number of halogens is 1. The summed E-state index contributed by atoms with van der Waals surface area (Å²) in [5.74, 6) is -1.16. The molecule has 0 bridgehead atoms. The molecular weight excluding hydrogens is 347 g/mol. The maximum absolute atomic E-state index is 14.5. The Balaban J connectivity index is 1.92. The quantitative estimate of drug-likeness (QED) is 0.641. The van der Waals surface area contributed by atoms with Gasteiger partial charge in [-0.25, -0.2) is 9.37 Å². The minimum atomic E-state index is -0.762. The molecule has 0 aliphatic heterocycles. The highest BCUT2D eigenvalue weighted by Crippen LogP contribution is 2.27. The normalized spacial score (nSPS) is 19.6. The third kappa shape index (κ3) is 4.33. The molecule has 1 saturated carbocycles. The molecule has 1 unspecified atom stereocenters. The second kappa shape index (κ2) is 7.87. The lowest BCUT2D eigenvalue weighted by Gasteiger charge is -2.30. The first-order chi connectivity index (χ1) is 12.8. The lowest BCUT2D eigenvalue weighted by molar-refractivity contribution is 0.100. The van der Waals surface area contributed by atoms with Crippen LogP contribution < -0.4 is 22.1 Å². The smallest absolute Gasteiger partial charge is 0.252 e. The molecule has 2 aromatic rings. The van der Waals surface area contributed by atoms with Crippen molar-refractivity contribution in [2.24, 2.45) is 11.5 Å². The summed E-state index contributed by atoms with van der Waals surface area (Å²) in [7, 11) is 0. The number of amides is 1. The number of carbonyl (C=O) groups is 1. The van der Waals surface area contributed by atoms with Crippen molar-refractivity contribution >= 4 is 23.2 Å². The molecule has 0 radical (unpaired) electrons. The molecule has 8 heteroatoms. The summed E-state index contributed by atoms with van der Waals surface area (Å²) in [6, 6.07) is 2.86. The average molecular weight is 372 g/mol. The summed E-state index contributed by atoms with van der Waals surface area (Å²) in [4.78, 5) is 20.3. The van der Waals surface area contributed by atoms with E-state index < -0.39 is 11.7 Å². The molecule has 2 aromatic heterocycles. The van der Waals surface area contributed by atoms with E-state index in [4.69, 9.17) is 11.5 Å². The van der Waals surface area contributed by atoms with Crippen molar-refractivity contribution in [3.63, 3.8) is 0 Å². The van der Waals surface area contributed by atoms with Crippen molar-refractivity contribution in [2.45, 2.75) is 51.6 Å². The van der Waals surface area contributed by atoms with Gasteiger partial charge in [-0.1, -0.05) is 12.8 Å². The summed E-state index contributed by atoms with van der Waals surface area (Å²) in [6.45, 7) is 3.83. The molecule has 3 rings (SSSR count). The van der Waals surface area contributed by atoms with E-state index in [9.17, 15) is 9.18 Å². The topological polar surface area (TPSA) is 119 Å². The fourth-order valence-corrected chi connectivity index (χ4v) is 3.24. The summed E-state index contributed by atoms with van der Waals surface area (Å²) >= 11 is 0. The molecule has 1 fully saturated rings. The van der Waals surface area contributed by atoms with Gasteiger partial charge >= 0.3 is 0 Å². The van der Waals surface area contributed by atoms with E-state index in [1.54, 1.807) is 6.20 Å². The Morgan fingerprint density at radius 2 is 1.96 bits per heavy atom. The van der Waals surface area contributed by atoms with Crippen LogP contribution in [0.4, 0.5) is 21.7 Å². The molecule has 2 heterocycles. The van der Waals surface area contributed by atoms with Crippen molar-refractivity contribution in [3.05, 3.63) is 41.0 Å². The Morgan fingerprint density at radius 1 is 1.22 bits per heavy atom. The van der Waals surface area contributed by atoms with E-state index in [1.807, 2.05) is 19.9 Å². The monoisotopic (exact) mass is 372 g/mol. The zero-order valence-corrected chi connectivity index (χ0v) is 15.6. The van der Waals surface area contributed by atoms with E-state index in [2.05, 4.69) is 20.6 Å². The predicted octanol–water partition coefficient (Wildman–Crippen LogP) is 2.76. The number of nitrogens with one attached hydrogen (secondary N) is 2. The van der Waals surface area contributed by atoms with E-state index in [-0.39, 0.29) is 29.3 Å². The van der Waals surface area contributed by atoms with Gasteiger partial charge in [-0.2, -0.15) is 0 Å². The van der Waals surface area contributed by atoms with Crippen molar-refractivity contribution in [1.29, 1.82) is 0 Å². The van der Waals surface area contributed by atoms with Gasteiger partial charge in [0.15, 0.2) is 11.6 Å². The lowest BCUT2D eigenvalue weighted by atomic mass is 9.91. The van der Waals surface area contributed by atoms with Gasteiger partial charge in [0.05, 0.1) is 17.4 Å². The van der Waals surface area contributed by atoms with E-state index in [0.717, 1.165) is 43.0 Å². The maximum Gasteiger partial charge on any atom is 0.252 e. The summed E-state index contributed by atoms with van der Waals surface area (Å²) in [5.41, 5.74) is 14.0. The zero-order chi connectivity index (χ0) is 19.6. The van der Waals surface area contributed by atoms with Crippen LogP contribution in [0.3, 0.4) is 0 Å². The number of aromatic nitrogens is 2. The number of anilines is 3. The molecule has 7 nitrogen and oxygen atoms in total. The number of nitrogens with zero attached hydrogens (tertiary/aromatic N) is 2. The third-order valence-electron chi connectivity index (χ3n) is 4.99. The molecule has 0 aromatic carbocycles. The molecule has 27 heavy (non-hydrogen) atoms. The summed E-state index contributed by atoms with van der Waals surface area (Å²) < 4.78 is 14.5. The number of primary amides is 1. The van der Waals surface area contributed by atoms with Gasteiger partial charge in [0.2, 0.25) is 0 Å². The number of nitrogens with two attached hydrogens (primary N) is 2.